The maximum absolute atomic E-state index is 12.7. The first-order valence-corrected chi connectivity index (χ1v) is 7.03. The van der Waals surface area contributed by atoms with E-state index in [2.05, 4.69) is 5.32 Å². The Bertz CT molecular complexity index is 379. The number of aliphatic hydroxyl groups is 1. The molecule has 0 aliphatic rings. The number of benzene rings is 1. The third kappa shape index (κ3) is 4.63. The molecule has 92 valence electrons. The van der Waals surface area contributed by atoms with Gasteiger partial charge in [0, 0.05) is 0 Å². The fourth-order valence-electron chi connectivity index (χ4n) is 1.48. The molecule has 1 aromatic rings. The van der Waals surface area contributed by atoms with Gasteiger partial charge in [-0.15, -0.1) is 0 Å². The third-order valence-corrected chi connectivity index (χ3v) is 3.73. The van der Waals surface area contributed by atoms with Crippen molar-refractivity contribution in [3.8, 4) is 0 Å². The Labute approximate surface area is 114 Å². The monoisotopic (exact) mass is 345 g/mol. The number of hydrogen-bond donors (Lipinski definition) is 2. The summed E-state index contributed by atoms with van der Waals surface area (Å²) >= 11 is 0.767. The number of halogens is 1. The van der Waals surface area contributed by atoms with Crippen LogP contribution in [0.5, 0.6) is 0 Å². The summed E-state index contributed by atoms with van der Waals surface area (Å²) in [6, 6.07) is 6.20. The van der Waals surface area contributed by atoms with Crippen molar-refractivity contribution >= 4 is 28.4 Å². The van der Waals surface area contributed by atoms with E-state index in [9.17, 15) is 9.18 Å². The molecule has 0 bridgehead atoms. The van der Waals surface area contributed by atoms with Crippen LogP contribution in [0.25, 0.3) is 0 Å². The minimum absolute atomic E-state index is 0.0566. The maximum atomic E-state index is 12.7. The Hall–Kier alpha value is -0.621. The molecule has 1 atom stereocenters. The summed E-state index contributed by atoms with van der Waals surface area (Å²) in [6.45, 7) is 2.10. The Morgan fingerprint density at radius 1 is 1.47 bits per heavy atom. The molecular weight excluding hydrogens is 328 g/mol. The van der Waals surface area contributed by atoms with Crippen molar-refractivity contribution in [2.24, 2.45) is 0 Å². The van der Waals surface area contributed by atoms with Crippen LogP contribution in [0.4, 0.5) is 4.39 Å². The molecule has 0 fully saturated rings. The van der Waals surface area contributed by atoms with Gasteiger partial charge in [-0.3, -0.25) is 0 Å². The molecule has 0 heterocycles. The van der Waals surface area contributed by atoms with Crippen molar-refractivity contribution in [3.63, 3.8) is 0 Å². The SMILES string of the molecule is C[C]([SnH])(Cc1ccc(F)cc1)C(=O)NCCO. The molecule has 0 saturated heterocycles. The number of rotatable bonds is 5. The van der Waals surface area contributed by atoms with Gasteiger partial charge in [0.25, 0.3) is 0 Å². The molecule has 1 aromatic carbocycles. The van der Waals surface area contributed by atoms with E-state index in [0.29, 0.717) is 6.42 Å². The summed E-state index contributed by atoms with van der Waals surface area (Å²) in [5.41, 5.74) is 0.945. The predicted octanol–water partition coefficient (Wildman–Crippen LogP) is 0.556. The Morgan fingerprint density at radius 2 is 2.06 bits per heavy atom. The molecule has 2 radical (unpaired) electrons. The number of aliphatic hydroxyl groups excluding tert-OH is 1. The van der Waals surface area contributed by atoms with Crippen LogP contribution in [-0.2, 0) is 11.2 Å². The number of amides is 1. The van der Waals surface area contributed by atoms with Crippen LogP contribution in [0.3, 0.4) is 0 Å². The second kappa shape index (κ2) is 6.35. The molecule has 1 unspecified atom stereocenters. The standard InChI is InChI=1S/C12H15FNO2.Sn.H/c1-9(12(16)14-6-7-15)8-10-2-4-11(13)5-3-10;;/h2-5,15H,6-8H2,1H3,(H,14,16);;. The van der Waals surface area contributed by atoms with E-state index >= 15 is 0 Å². The second-order valence-electron chi connectivity index (χ2n) is 4.20. The van der Waals surface area contributed by atoms with Crippen molar-refractivity contribution in [1.29, 1.82) is 0 Å². The van der Waals surface area contributed by atoms with Gasteiger partial charge in [-0.1, -0.05) is 0 Å². The summed E-state index contributed by atoms with van der Waals surface area (Å²) in [6.07, 6.45) is 0.590. The Kier molecular flexibility index (Phi) is 5.39. The molecule has 0 saturated carbocycles. The molecule has 0 aliphatic heterocycles. The van der Waals surface area contributed by atoms with Gasteiger partial charge in [0.05, 0.1) is 0 Å². The zero-order valence-corrected chi connectivity index (χ0v) is 13.0. The molecule has 0 aromatic heterocycles. The van der Waals surface area contributed by atoms with Crippen molar-refractivity contribution < 1.29 is 14.3 Å². The first-order valence-electron chi connectivity index (χ1n) is 5.38. The van der Waals surface area contributed by atoms with Gasteiger partial charge in [-0.2, -0.15) is 0 Å². The van der Waals surface area contributed by atoms with Gasteiger partial charge in [-0.05, 0) is 0 Å². The van der Waals surface area contributed by atoms with Gasteiger partial charge in [0.2, 0.25) is 0 Å². The van der Waals surface area contributed by atoms with Gasteiger partial charge < -0.3 is 0 Å². The van der Waals surface area contributed by atoms with Gasteiger partial charge in [0.15, 0.2) is 0 Å². The van der Waals surface area contributed by atoms with E-state index < -0.39 is 3.43 Å². The first-order chi connectivity index (χ1) is 7.95. The normalized spacial score (nSPS) is 14.1. The molecule has 0 spiro atoms. The van der Waals surface area contributed by atoms with Crippen molar-refractivity contribution in [2.45, 2.75) is 16.8 Å². The fraction of sp³-hybridized carbons (Fsp3) is 0.417. The molecule has 17 heavy (non-hydrogen) atoms. The zero-order valence-electron chi connectivity index (χ0n) is 9.74. The quantitative estimate of drug-likeness (QED) is 0.767. The summed E-state index contributed by atoms with van der Waals surface area (Å²) in [7, 11) is 0. The molecule has 5 heteroatoms. The van der Waals surface area contributed by atoms with Crippen LogP contribution >= 0.6 is 0 Å². The van der Waals surface area contributed by atoms with Crippen LogP contribution in [-0.4, -0.2) is 46.7 Å². The van der Waals surface area contributed by atoms with Crippen LogP contribution in [0.15, 0.2) is 24.3 Å². The number of carbonyl (C=O) groups excluding carboxylic acids is 1. The van der Waals surface area contributed by atoms with E-state index in [1.807, 2.05) is 6.92 Å². The molecular formula is C12H16FNO2Sn. The summed E-state index contributed by atoms with van der Waals surface area (Å²) in [5, 5.41) is 11.3. The second-order valence-corrected chi connectivity index (χ2v) is 7.84. The summed E-state index contributed by atoms with van der Waals surface area (Å²) in [4.78, 5) is 11.8. The number of hydrogen-bond acceptors (Lipinski definition) is 2. The number of carbonyl (C=O) groups is 1. The van der Waals surface area contributed by atoms with Crippen LogP contribution in [0.2, 0.25) is 3.43 Å². The van der Waals surface area contributed by atoms with Crippen molar-refractivity contribution in [2.75, 3.05) is 13.2 Å². The van der Waals surface area contributed by atoms with Crippen LogP contribution < -0.4 is 5.32 Å². The fourth-order valence-corrected chi connectivity index (χ4v) is 2.44. The van der Waals surface area contributed by atoms with Crippen LogP contribution in [0.1, 0.15) is 12.5 Å². The summed E-state index contributed by atoms with van der Waals surface area (Å²) < 4.78 is 12.3. The Balaban J connectivity index is 2.65. The predicted molar refractivity (Wildman–Crippen MR) is 65.7 cm³/mol. The Morgan fingerprint density at radius 3 is 2.59 bits per heavy atom. The molecule has 3 nitrogen and oxygen atoms in total. The van der Waals surface area contributed by atoms with E-state index in [1.54, 1.807) is 12.1 Å². The van der Waals surface area contributed by atoms with Crippen LogP contribution in [0, 0.1) is 5.82 Å². The average molecular weight is 344 g/mol. The molecule has 1 amide bonds. The van der Waals surface area contributed by atoms with Crippen molar-refractivity contribution in [1.82, 2.24) is 5.32 Å². The molecule has 2 N–H and O–H groups in total. The minimum atomic E-state index is -0.446. The van der Waals surface area contributed by atoms with E-state index in [-0.39, 0.29) is 24.9 Å². The molecule has 0 aliphatic carbocycles. The first kappa shape index (κ1) is 14.4. The zero-order chi connectivity index (χ0) is 12.9. The average Bonchev–Trinajstić information content (AvgIpc) is 2.28. The van der Waals surface area contributed by atoms with Gasteiger partial charge >= 0.3 is 114 Å². The van der Waals surface area contributed by atoms with Crippen molar-refractivity contribution in [3.05, 3.63) is 35.6 Å². The van der Waals surface area contributed by atoms with E-state index in [0.717, 1.165) is 28.1 Å². The van der Waals surface area contributed by atoms with Gasteiger partial charge in [0.1, 0.15) is 0 Å². The number of nitrogens with one attached hydrogen (secondary N) is 1. The molecule has 1 rings (SSSR count). The van der Waals surface area contributed by atoms with Gasteiger partial charge in [-0.25, -0.2) is 0 Å². The third-order valence-electron chi connectivity index (χ3n) is 2.40. The summed E-state index contributed by atoms with van der Waals surface area (Å²) in [5.74, 6) is -0.328. The van der Waals surface area contributed by atoms with E-state index in [4.69, 9.17) is 5.11 Å². The van der Waals surface area contributed by atoms with E-state index in [1.165, 1.54) is 12.1 Å². The topological polar surface area (TPSA) is 49.3 Å².